The van der Waals surface area contributed by atoms with Crippen molar-refractivity contribution in [2.45, 2.75) is 32.4 Å². The second-order valence-electron chi connectivity index (χ2n) is 8.62. The minimum absolute atomic E-state index is 0.668. The quantitative estimate of drug-likeness (QED) is 0.205. The molecule has 34 heavy (non-hydrogen) atoms. The molecule has 1 aromatic heterocycles. The molecular formula is C31H30N2O. The van der Waals surface area contributed by atoms with Crippen LogP contribution in [-0.2, 0) is 17.9 Å². The number of rotatable bonds is 10. The number of hydrogen-bond acceptors (Lipinski definition) is 2. The molecule has 0 N–H and O–H groups in total. The maximum absolute atomic E-state index is 6.02. The van der Waals surface area contributed by atoms with Gasteiger partial charge in [-0.15, -0.1) is 0 Å². The lowest BCUT2D eigenvalue weighted by molar-refractivity contribution is 0.117. The molecule has 4 aromatic carbocycles. The van der Waals surface area contributed by atoms with E-state index in [1.807, 2.05) is 12.4 Å². The van der Waals surface area contributed by atoms with Crippen molar-refractivity contribution in [3.8, 4) is 22.5 Å². The van der Waals surface area contributed by atoms with Gasteiger partial charge in [-0.2, -0.15) is 0 Å². The molecule has 1 heterocycles. The van der Waals surface area contributed by atoms with E-state index in [9.17, 15) is 0 Å². The van der Waals surface area contributed by atoms with Gasteiger partial charge in [-0.05, 0) is 35.6 Å². The molecule has 3 nitrogen and oxygen atoms in total. The number of nitrogens with zero attached hydrogens (tertiary/aromatic N) is 2. The normalized spacial score (nSPS) is 11.2. The first-order chi connectivity index (χ1) is 16.9. The van der Waals surface area contributed by atoms with E-state index in [0.717, 1.165) is 43.7 Å². The first-order valence-corrected chi connectivity index (χ1v) is 12.1. The van der Waals surface area contributed by atoms with Crippen LogP contribution >= 0.6 is 0 Å². The van der Waals surface area contributed by atoms with Crippen LogP contribution in [0, 0.1) is 0 Å². The monoisotopic (exact) mass is 446 g/mol. The van der Waals surface area contributed by atoms with Crippen LogP contribution in [0.25, 0.3) is 33.3 Å². The van der Waals surface area contributed by atoms with Crippen LogP contribution in [0.5, 0.6) is 0 Å². The predicted molar refractivity (Wildman–Crippen MR) is 141 cm³/mol. The van der Waals surface area contributed by atoms with Crippen LogP contribution in [0.4, 0.5) is 0 Å². The fourth-order valence-electron chi connectivity index (χ4n) is 4.52. The first-order valence-electron chi connectivity index (χ1n) is 12.1. The second kappa shape index (κ2) is 11.0. The Morgan fingerprint density at radius 3 is 2.18 bits per heavy atom. The van der Waals surface area contributed by atoms with Crippen LogP contribution in [-0.4, -0.2) is 16.2 Å². The molecular weight excluding hydrogens is 416 g/mol. The highest BCUT2D eigenvalue weighted by Gasteiger charge is 2.14. The summed E-state index contributed by atoms with van der Waals surface area (Å²) in [4.78, 5) is 4.79. The van der Waals surface area contributed by atoms with Gasteiger partial charge in [0.15, 0.2) is 0 Å². The van der Waals surface area contributed by atoms with Crippen molar-refractivity contribution in [3.63, 3.8) is 0 Å². The van der Waals surface area contributed by atoms with Gasteiger partial charge in [0.1, 0.15) is 0 Å². The first kappa shape index (κ1) is 22.1. The average Bonchev–Trinajstić information content (AvgIpc) is 3.33. The third-order valence-electron chi connectivity index (χ3n) is 6.26. The van der Waals surface area contributed by atoms with Crippen LogP contribution in [0.1, 0.15) is 24.8 Å². The SMILES string of the molecule is c1ccc(-c2ncn(CCCCCOCc3cccc4ccccc34)c2-c2ccccc2)cc1. The number of aromatic nitrogens is 2. The predicted octanol–water partition coefficient (Wildman–Crippen LogP) is 7.76. The summed E-state index contributed by atoms with van der Waals surface area (Å²) in [5.41, 5.74) is 5.86. The fraction of sp³-hybridized carbons (Fsp3) is 0.194. The number of ether oxygens (including phenoxy) is 1. The molecule has 0 fully saturated rings. The molecule has 5 rings (SSSR count). The Morgan fingerprint density at radius 2 is 1.35 bits per heavy atom. The van der Waals surface area contributed by atoms with E-state index < -0.39 is 0 Å². The van der Waals surface area contributed by atoms with Gasteiger partial charge in [-0.25, -0.2) is 4.98 Å². The van der Waals surface area contributed by atoms with E-state index in [1.165, 1.54) is 27.6 Å². The third-order valence-corrected chi connectivity index (χ3v) is 6.26. The lowest BCUT2D eigenvalue weighted by Gasteiger charge is -2.11. The Bertz CT molecular complexity index is 1320. The lowest BCUT2D eigenvalue weighted by Crippen LogP contribution is -2.01. The summed E-state index contributed by atoms with van der Waals surface area (Å²) < 4.78 is 8.32. The summed E-state index contributed by atoms with van der Waals surface area (Å²) in [6.45, 7) is 2.41. The minimum atomic E-state index is 0.668. The van der Waals surface area contributed by atoms with E-state index in [2.05, 4.69) is 102 Å². The third kappa shape index (κ3) is 5.11. The standard InChI is InChI=1S/C31H30N2O/c1-4-14-26(15-5-1)30-31(27-16-6-2-7-17-27)33(24-32-30)21-10-3-11-22-34-23-28-19-12-18-25-13-8-9-20-29(25)28/h1-2,4-9,12-20,24H,3,10-11,21-23H2. The van der Waals surface area contributed by atoms with E-state index >= 15 is 0 Å². The number of hydrogen-bond donors (Lipinski definition) is 0. The van der Waals surface area contributed by atoms with Crippen molar-refractivity contribution >= 4 is 10.8 Å². The molecule has 0 aliphatic carbocycles. The summed E-state index contributed by atoms with van der Waals surface area (Å²) in [6.07, 6.45) is 5.28. The van der Waals surface area contributed by atoms with Gasteiger partial charge < -0.3 is 9.30 Å². The van der Waals surface area contributed by atoms with Crippen molar-refractivity contribution in [3.05, 3.63) is 115 Å². The van der Waals surface area contributed by atoms with Crippen molar-refractivity contribution in [1.29, 1.82) is 0 Å². The van der Waals surface area contributed by atoms with Crippen LogP contribution in [0.2, 0.25) is 0 Å². The van der Waals surface area contributed by atoms with Gasteiger partial charge in [0.05, 0.1) is 24.3 Å². The second-order valence-corrected chi connectivity index (χ2v) is 8.62. The van der Waals surface area contributed by atoms with Gasteiger partial charge in [-0.3, -0.25) is 0 Å². The van der Waals surface area contributed by atoms with Crippen molar-refractivity contribution in [2.75, 3.05) is 6.61 Å². The number of fused-ring (bicyclic) bond motifs is 1. The van der Waals surface area contributed by atoms with Gasteiger partial charge in [-0.1, -0.05) is 103 Å². The highest BCUT2D eigenvalue weighted by molar-refractivity contribution is 5.85. The zero-order chi connectivity index (χ0) is 23.0. The molecule has 0 aliphatic heterocycles. The molecule has 0 amide bonds. The van der Waals surface area contributed by atoms with Gasteiger partial charge in [0, 0.05) is 24.3 Å². The summed E-state index contributed by atoms with van der Waals surface area (Å²) >= 11 is 0. The Hall–Kier alpha value is -3.69. The summed E-state index contributed by atoms with van der Waals surface area (Å²) in [6, 6.07) is 36.0. The fourth-order valence-corrected chi connectivity index (χ4v) is 4.52. The molecule has 0 spiro atoms. The highest BCUT2D eigenvalue weighted by atomic mass is 16.5. The molecule has 0 aliphatic rings. The van der Waals surface area contributed by atoms with Crippen molar-refractivity contribution in [1.82, 2.24) is 9.55 Å². The maximum Gasteiger partial charge on any atom is 0.0963 e. The van der Waals surface area contributed by atoms with E-state index in [4.69, 9.17) is 9.72 Å². The molecule has 0 atom stereocenters. The zero-order valence-corrected chi connectivity index (χ0v) is 19.4. The number of benzene rings is 4. The van der Waals surface area contributed by atoms with Crippen LogP contribution in [0.15, 0.2) is 109 Å². The van der Waals surface area contributed by atoms with E-state index in [1.54, 1.807) is 0 Å². The smallest absolute Gasteiger partial charge is 0.0963 e. The van der Waals surface area contributed by atoms with Gasteiger partial charge >= 0.3 is 0 Å². The molecule has 0 radical (unpaired) electrons. The largest absolute Gasteiger partial charge is 0.377 e. The molecule has 0 saturated heterocycles. The van der Waals surface area contributed by atoms with Gasteiger partial charge in [0.2, 0.25) is 0 Å². The Morgan fingerprint density at radius 1 is 0.647 bits per heavy atom. The lowest BCUT2D eigenvalue weighted by atomic mass is 10.0. The maximum atomic E-state index is 6.02. The van der Waals surface area contributed by atoms with Crippen LogP contribution in [0.3, 0.4) is 0 Å². The minimum Gasteiger partial charge on any atom is -0.377 e. The molecule has 170 valence electrons. The summed E-state index contributed by atoms with van der Waals surface area (Å²) in [7, 11) is 0. The molecule has 5 aromatic rings. The molecule has 0 unspecified atom stereocenters. The van der Waals surface area contributed by atoms with Gasteiger partial charge in [0.25, 0.3) is 0 Å². The van der Waals surface area contributed by atoms with E-state index in [-0.39, 0.29) is 0 Å². The van der Waals surface area contributed by atoms with Crippen molar-refractivity contribution in [2.24, 2.45) is 0 Å². The number of imidazole rings is 1. The summed E-state index contributed by atoms with van der Waals surface area (Å²) in [5, 5.41) is 2.56. The topological polar surface area (TPSA) is 27.1 Å². The highest BCUT2D eigenvalue weighted by Crippen LogP contribution is 2.31. The molecule has 0 saturated carbocycles. The average molecular weight is 447 g/mol. The summed E-state index contributed by atoms with van der Waals surface area (Å²) in [5.74, 6) is 0. The molecule has 3 heteroatoms. The Kier molecular flexibility index (Phi) is 7.13. The molecule has 0 bridgehead atoms. The number of aryl methyl sites for hydroxylation is 1. The Balaban J connectivity index is 1.16. The van der Waals surface area contributed by atoms with Crippen LogP contribution < -0.4 is 0 Å². The Labute approximate surface area is 201 Å². The van der Waals surface area contributed by atoms with E-state index in [0.29, 0.717) is 6.61 Å². The van der Waals surface area contributed by atoms with Crippen molar-refractivity contribution < 1.29 is 4.74 Å². The number of unbranched alkanes of at least 4 members (excludes halogenated alkanes) is 2. The zero-order valence-electron chi connectivity index (χ0n) is 19.4.